The number of anilines is 2. The number of likely N-dealkylation sites (N-methyl/N-ethyl adjacent to an activating group) is 2. The van der Waals surface area contributed by atoms with Gasteiger partial charge in [-0.05, 0) is 41.8 Å². The molecule has 0 aliphatic rings. The number of aliphatic hydroxyl groups is 2. The Bertz CT molecular complexity index is 528. The van der Waals surface area contributed by atoms with Gasteiger partial charge in [-0.1, -0.05) is 24.3 Å². The second-order valence-electron chi connectivity index (χ2n) is 5.80. The van der Waals surface area contributed by atoms with E-state index >= 15 is 0 Å². The topological polar surface area (TPSA) is 46.9 Å². The molecule has 4 heteroatoms. The summed E-state index contributed by atoms with van der Waals surface area (Å²) in [5.74, 6) is 0. The van der Waals surface area contributed by atoms with Crippen LogP contribution in [-0.2, 0) is 6.42 Å². The molecule has 0 fully saturated rings. The first-order valence-corrected chi connectivity index (χ1v) is 7.96. The van der Waals surface area contributed by atoms with Crippen molar-refractivity contribution in [2.24, 2.45) is 0 Å². The van der Waals surface area contributed by atoms with Crippen molar-refractivity contribution in [3.05, 3.63) is 59.7 Å². The molecule has 0 heterocycles. The first kappa shape index (κ1) is 17.3. The molecule has 124 valence electrons. The van der Waals surface area contributed by atoms with Crippen LogP contribution >= 0.6 is 0 Å². The fraction of sp³-hybridized carbons (Fsp3) is 0.368. The van der Waals surface area contributed by atoms with Gasteiger partial charge in [0.05, 0.1) is 13.2 Å². The van der Waals surface area contributed by atoms with Crippen molar-refractivity contribution >= 4 is 11.4 Å². The predicted octanol–water partition coefficient (Wildman–Crippen LogP) is 2.13. The number of rotatable bonds is 8. The lowest BCUT2D eigenvalue weighted by Crippen LogP contribution is -2.21. The van der Waals surface area contributed by atoms with Crippen LogP contribution in [0.5, 0.6) is 0 Å². The Labute approximate surface area is 138 Å². The summed E-state index contributed by atoms with van der Waals surface area (Å²) in [6, 6.07) is 16.9. The summed E-state index contributed by atoms with van der Waals surface area (Å²) in [5.41, 5.74) is 4.76. The molecule has 2 aromatic carbocycles. The average Bonchev–Trinajstić information content (AvgIpc) is 2.56. The third kappa shape index (κ3) is 4.98. The monoisotopic (exact) mass is 314 g/mol. The zero-order valence-corrected chi connectivity index (χ0v) is 13.9. The Morgan fingerprint density at radius 3 is 1.30 bits per heavy atom. The van der Waals surface area contributed by atoms with Crippen LogP contribution in [0.15, 0.2) is 48.5 Å². The minimum absolute atomic E-state index is 0.162. The molecule has 0 saturated heterocycles. The SMILES string of the molecule is CN(CCO)c1ccc(Cc2ccc(N(C)CCO)cc2)cc1. The van der Waals surface area contributed by atoms with Gasteiger partial charge in [-0.2, -0.15) is 0 Å². The maximum Gasteiger partial charge on any atom is 0.0606 e. The summed E-state index contributed by atoms with van der Waals surface area (Å²) in [4.78, 5) is 4.07. The standard InChI is InChI=1S/C19H26N2O2/c1-20(11-13-22)18-7-3-16(4-8-18)15-17-5-9-19(10-6-17)21(2)12-14-23/h3-10,22-23H,11-15H2,1-2H3. The Morgan fingerprint density at radius 1 is 0.652 bits per heavy atom. The van der Waals surface area contributed by atoms with Gasteiger partial charge >= 0.3 is 0 Å². The number of hydrogen-bond donors (Lipinski definition) is 2. The Morgan fingerprint density at radius 2 is 1.00 bits per heavy atom. The van der Waals surface area contributed by atoms with E-state index in [1.54, 1.807) is 0 Å². The number of benzene rings is 2. The van der Waals surface area contributed by atoms with Gasteiger partial charge in [0.1, 0.15) is 0 Å². The van der Waals surface area contributed by atoms with Crippen LogP contribution in [0, 0.1) is 0 Å². The number of hydrogen-bond acceptors (Lipinski definition) is 4. The van der Waals surface area contributed by atoms with Crippen molar-refractivity contribution in [3.8, 4) is 0 Å². The van der Waals surface area contributed by atoms with Gasteiger partial charge in [0.15, 0.2) is 0 Å². The highest BCUT2D eigenvalue weighted by Crippen LogP contribution is 2.18. The molecule has 2 aromatic rings. The second-order valence-corrected chi connectivity index (χ2v) is 5.80. The molecule has 4 nitrogen and oxygen atoms in total. The van der Waals surface area contributed by atoms with E-state index in [1.165, 1.54) is 11.1 Å². The number of nitrogens with zero attached hydrogens (tertiary/aromatic N) is 2. The molecule has 0 spiro atoms. The molecule has 2 N–H and O–H groups in total. The van der Waals surface area contributed by atoms with Gasteiger partial charge in [0.25, 0.3) is 0 Å². The summed E-state index contributed by atoms with van der Waals surface area (Å²) in [5, 5.41) is 18.0. The Kier molecular flexibility index (Phi) is 6.44. The van der Waals surface area contributed by atoms with Crippen molar-refractivity contribution in [2.75, 3.05) is 50.2 Å². The predicted molar refractivity (Wildman–Crippen MR) is 96.4 cm³/mol. The maximum atomic E-state index is 8.98. The quantitative estimate of drug-likeness (QED) is 0.784. The molecule has 0 saturated carbocycles. The van der Waals surface area contributed by atoms with Gasteiger partial charge in [0.2, 0.25) is 0 Å². The van der Waals surface area contributed by atoms with E-state index in [9.17, 15) is 0 Å². The van der Waals surface area contributed by atoms with Crippen molar-refractivity contribution in [1.29, 1.82) is 0 Å². The van der Waals surface area contributed by atoms with Gasteiger partial charge < -0.3 is 20.0 Å². The minimum atomic E-state index is 0.162. The van der Waals surface area contributed by atoms with Crippen LogP contribution in [0.4, 0.5) is 11.4 Å². The molecule has 0 aromatic heterocycles. The zero-order valence-electron chi connectivity index (χ0n) is 13.9. The van der Waals surface area contributed by atoms with Crippen molar-refractivity contribution in [3.63, 3.8) is 0 Å². The summed E-state index contributed by atoms with van der Waals surface area (Å²) in [6.07, 6.45) is 0.897. The molecule has 0 amide bonds. The molecular formula is C19H26N2O2. The zero-order chi connectivity index (χ0) is 16.7. The van der Waals surface area contributed by atoms with Gasteiger partial charge in [-0.15, -0.1) is 0 Å². The normalized spacial score (nSPS) is 10.6. The average molecular weight is 314 g/mol. The van der Waals surface area contributed by atoms with Crippen LogP contribution in [0.25, 0.3) is 0 Å². The van der Waals surface area contributed by atoms with E-state index in [0.717, 1.165) is 17.8 Å². The van der Waals surface area contributed by atoms with Crippen molar-refractivity contribution < 1.29 is 10.2 Å². The minimum Gasteiger partial charge on any atom is -0.395 e. The van der Waals surface area contributed by atoms with E-state index < -0.39 is 0 Å². The lowest BCUT2D eigenvalue weighted by atomic mass is 10.0. The van der Waals surface area contributed by atoms with Crippen molar-refractivity contribution in [2.45, 2.75) is 6.42 Å². The highest BCUT2D eigenvalue weighted by molar-refractivity contribution is 5.49. The van der Waals surface area contributed by atoms with Crippen LogP contribution in [0.3, 0.4) is 0 Å². The molecule has 0 aliphatic carbocycles. The summed E-state index contributed by atoms with van der Waals surface area (Å²) < 4.78 is 0. The van der Waals surface area contributed by atoms with Crippen LogP contribution in [0.1, 0.15) is 11.1 Å². The Hall–Kier alpha value is -2.04. The molecule has 0 aliphatic heterocycles. The highest BCUT2D eigenvalue weighted by Gasteiger charge is 2.03. The smallest absolute Gasteiger partial charge is 0.0606 e. The van der Waals surface area contributed by atoms with Crippen molar-refractivity contribution in [1.82, 2.24) is 0 Å². The van der Waals surface area contributed by atoms with E-state index in [1.807, 2.05) is 23.9 Å². The fourth-order valence-corrected chi connectivity index (χ4v) is 2.53. The third-order valence-electron chi connectivity index (χ3n) is 4.03. The van der Waals surface area contributed by atoms with Crippen LogP contribution < -0.4 is 9.80 Å². The molecule has 0 atom stereocenters. The number of aliphatic hydroxyl groups excluding tert-OH is 2. The molecule has 0 bridgehead atoms. The fourth-order valence-electron chi connectivity index (χ4n) is 2.53. The third-order valence-corrected chi connectivity index (χ3v) is 4.03. The van der Waals surface area contributed by atoms with Gasteiger partial charge in [0, 0.05) is 38.6 Å². The summed E-state index contributed by atoms with van der Waals surface area (Å²) >= 11 is 0. The molecule has 2 rings (SSSR count). The van der Waals surface area contributed by atoms with E-state index in [-0.39, 0.29) is 13.2 Å². The second kappa shape index (κ2) is 8.56. The molecular weight excluding hydrogens is 288 g/mol. The summed E-state index contributed by atoms with van der Waals surface area (Å²) in [6.45, 7) is 1.61. The first-order chi connectivity index (χ1) is 11.1. The van der Waals surface area contributed by atoms with E-state index in [2.05, 4.69) is 48.5 Å². The van der Waals surface area contributed by atoms with Gasteiger partial charge in [-0.3, -0.25) is 0 Å². The molecule has 0 unspecified atom stereocenters. The molecule has 0 radical (unpaired) electrons. The van der Waals surface area contributed by atoms with Crippen LogP contribution in [0.2, 0.25) is 0 Å². The highest BCUT2D eigenvalue weighted by atomic mass is 16.3. The first-order valence-electron chi connectivity index (χ1n) is 7.96. The van der Waals surface area contributed by atoms with E-state index in [4.69, 9.17) is 10.2 Å². The van der Waals surface area contributed by atoms with Gasteiger partial charge in [-0.25, -0.2) is 0 Å². The molecule has 23 heavy (non-hydrogen) atoms. The van der Waals surface area contributed by atoms with E-state index in [0.29, 0.717) is 13.1 Å². The van der Waals surface area contributed by atoms with Crippen LogP contribution in [-0.4, -0.2) is 50.6 Å². The lowest BCUT2D eigenvalue weighted by molar-refractivity contribution is 0.304. The lowest BCUT2D eigenvalue weighted by Gasteiger charge is -2.19. The maximum absolute atomic E-state index is 8.98. The largest absolute Gasteiger partial charge is 0.395 e. The summed E-state index contributed by atoms with van der Waals surface area (Å²) in [7, 11) is 3.96. The Balaban J connectivity index is 1.99.